The molecule has 36 heavy (non-hydrogen) atoms. The summed E-state index contributed by atoms with van der Waals surface area (Å²) < 4.78 is 33.6. The van der Waals surface area contributed by atoms with Crippen LogP contribution in [0.4, 0.5) is 14.7 Å². The van der Waals surface area contributed by atoms with Gasteiger partial charge >= 0.3 is 0 Å². The summed E-state index contributed by atoms with van der Waals surface area (Å²) in [7, 11) is 3.50. The Hall–Kier alpha value is -2.99. The van der Waals surface area contributed by atoms with Gasteiger partial charge in [-0.3, -0.25) is 4.79 Å². The van der Waals surface area contributed by atoms with Crippen LogP contribution in [0.15, 0.2) is 36.7 Å². The van der Waals surface area contributed by atoms with Crippen molar-refractivity contribution in [3.63, 3.8) is 0 Å². The third-order valence-corrected chi connectivity index (χ3v) is 6.59. The molecule has 0 aliphatic carbocycles. The summed E-state index contributed by atoms with van der Waals surface area (Å²) in [6.45, 7) is 2.30. The fourth-order valence-corrected chi connectivity index (χ4v) is 4.51. The van der Waals surface area contributed by atoms with Crippen molar-refractivity contribution in [2.24, 2.45) is 5.73 Å². The number of nitrogens with zero attached hydrogens (tertiary/aromatic N) is 2. The number of nitrogens with two attached hydrogens (primary N) is 1. The zero-order valence-electron chi connectivity index (χ0n) is 19.4. The molecule has 2 aromatic heterocycles. The second kappa shape index (κ2) is 11.4. The molecule has 1 aromatic carbocycles. The van der Waals surface area contributed by atoms with Crippen LogP contribution in [0.2, 0.25) is 5.02 Å². The molecule has 1 saturated heterocycles. The highest BCUT2D eigenvalue weighted by atomic mass is 35.5. The Bertz CT molecular complexity index is 1250. The van der Waals surface area contributed by atoms with Crippen molar-refractivity contribution in [3.05, 3.63) is 64.3 Å². The van der Waals surface area contributed by atoms with Gasteiger partial charge in [0.2, 0.25) is 5.95 Å². The average molecular weight is 531 g/mol. The number of halogens is 3. The van der Waals surface area contributed by atoms with Crippen molar-refractivity contribution in [2.75, 3.05) is 25.1 Å². The lowest BCUT2D eigenvalue weighted by Gasteiger charge is -2.21. The number of carbonyl (C=O) groups is 1. The van der Waals surface area contributed by atoms with Crippen molar-refractivity contribution in [3.8, 4) is 11.3 Å². The van der Waals surface area contributed by atoms with Gasteiger partial charge in [-0.15, -0.1) is 0 Å². The molecule has 1 amide bonds. The largest absolute Gasteiger partial charge is 0.378 e. The summed E-state index contributed by atoms with van der Waals surface area (Å²) in [5.41, 5.74) is 8.53. The van der Waals surface area contributed by atoms with Gasteiger partial charge in [-0.1, -0.05) is 16.8 Å². The predicted octanol–water partition coefficient (Wildman–Crippen LogP) is 2.88. The molecule has 4 rings (SSSR count). The Morgan fingerprint density at radius 3 is 2.94 bits per heavy atom. The smallest absolute Gasteiger partial charge is 0.268 e. The predicted molar refractivity (Wildman–Crippen MR) is 136 cm³/mol. The monoisotopic (exact) mass is 530 g/mol. The highest BCUT2D eigenvalue weighted by molar-refractivity contribution is 6.40. The Labute approximate surface area is 215 Å². The third-order valence-electron chi connectivity index (χ3n) is 5.82. The van der Waals surface area contributed by atoms with Gasteiger partial charge in [0.1, 0.15) is 17.7 Å². The molecular weight excluding hydrogens is 506 g/mol. The van der Waals surface area contributed by atoms with Crippen LogP contribution in [-0.4, -0.2) is 67.9 Å². The minimum Gasteiger partial charge on any atom is -0.378 e. The summed E-state index contributed by atoms with van der Waals surface area (Å²) in [4.78, 5) is 24.7. The van der Waals surface area contributed by atoms with Crippen LogP contribution >= 0.6 is 11.6 Å². The van der Waals surface area contributed by atoms with Crippen LogP contribution in [0.5, 0.6) is 0 Å². The quantitative estimate of drug-likeness (QED) is 0.349. The zero-order valence-corrected chi connectivity index (χ0v) is 21.2. The molecule has 2 radical (unpaired) electrons. The molecule has 3 heterocycles. The van der Waals surface area contributed by atoms with Gasteiger partial charge in [-0.25, -0.2) is 18.7 Å². The molecular formula is C24H25ClF2N6O2Si. The highest BCUT2D eigenvalue weighted by Gasteiger charge is 2.27. The number of nitrogens with one attached hydrogen (secondary N) is 3. The van der Waals surface area contributed by atoms with Crippen LogP contribution in [0.25, 0.3) is 11.3 Å². The number of hydrogen-bond acceptors (Lipinski definition) is 6. The van der Waals surface area contributed by atoms with E-state index in [9.17, 15) is 13.6 Å². The van der Waals surface area contributed by atoms with Crippen LogP contribution < -0.4 is 16.4 Å². The number of anilines is 1. The SMILES string of the molecule is Cc1cnc(N[C@H]2C(=[Si])CCOC[C@H]2F)nc1-c1c[nH]c(C(=O)N[C@H](CN)c2cc(F)cc(Cl)c2)c1. The summed E-state index contributed by atoms with van der Waals surface area (Å²) in [6, 6.07) is 4.37. The second-order valence-electron chi connectivity index (χ2n) is 8.48. The zero-order chi connectivity index (χ0) is 25.8. The summed E-state index contributed by atoms with van der Waals surface area (Å²) in [5, 5.41) is 6.78. The van der Waals surface area contributed by atoms with E-state index in [0.29, 0.717) is 29.8 Å². The van der Waals surface area contributed by atoms with Crippen molar-refractivity contribution >= 4 is 38.5 Å². The first-order valence-electron chi connectivity index (χ1n) is 11.3. The molecule has 0 saturated carbocycles. The van der Waals surface area contributed by atoms with E-state index in [1.807, 2.05) is 6.92 Å². The van der Waals surface area contributed by atoms with Crippen molar-refractivity contribution in [2.45, 2.75) is 31.6 Å². The average Bonchev–Trinajstić information content (AvgIpc) is 3.28. The standard InChI is InChI=1S/C24H25ClF2N6O2Si/c1-12-9-30-24(33-22-17(27)11-35-3-2-20(22)36)32-21(12)14-6-18(29-10-14)23(34)31-19(8-28)13-4-15(25)7-16(26)5-13/h4-7,9-10,17,19,22,29H,2-3,8,11,28H2,1H3,(H,31,34)(H,30,32,33)/t17-,19-,22-/m1/s1. The van der Waals surface area contributed by atoms with E-state index in [1.165, 1.54) is 12.1 Å². The van der Waals surface area contributed by atoms with E-state index in [1.54, 1.807) is 24.5 Å². The number of amides is 1. The van der Waals surface area contributed by atoms with E-state index < -0.39 is 30.0 Å². The molecule has 3 aromatic rings. The molecule has 0 unspecified atom stereocenters. The Kier molecular flexibility index (Phi) is 8.24. The lowest BCUT2D eigenvalue weighted by Crippen LogP contribution is -2.39. The number of ether oxygens (including phenoxy) is 1. The maximum atomic E-state index is 14.6. The van der Waals surface area contributed by atoms with Gasteiger partial charge in [-0.2, -0.15) is 0 Å². The Morgan fingerprint density at radius 2 is 2.19 bits per heavy atom. The molecule has 1 aliphatic rings. The molecule has 0 bridgehead atoms. The molecule has 8 nitrogen and oxygen atoms in total. The minimum absolute atomic E-state index is 0.0216. The van der Waals surface area contributed by atoms with Gasteiger partial charge in [0.25, 0.3) is 5.91 Å². The fraction of sp³-hybridized carbons (Fsp3) is 0.333. The first-order chi connectivity index (χ1) is 17.2. The van der Waals surface area contributed by atoms with E-state index in [4.69, 9.17) is 22.1 Å². The lowest BCUT2D eigenvalue weighted by atomic mass is 10.1. The topological polar surface area (TPSA) is 118 Å². The number of rotatable bonds is 7. The van der Waals surface area contributed by atoms with Gasteiger partial charge < -0.3 is 26.1 Å². The van der Waals surface area contributed by atoms with Gasteiger partial charge in [0.15, 0.2) is 0 Å². The van der Waals surface area contributed by atoms with Gasteiger partial charge in [-0.05, 0) is 48.7 Å². The van der Waals surface area contributed by atoms with Crippen LogP contribution in [0.3, 0.4) is 0 Å². The van der Waals surface area contributed by atoms with Gasteiger partial charge in [0.05, 0.1) is 31.0 Å². The van der Waals surface area contributed by atoms with Crippen molar-refractivity contribution < 1.29 is 18.3 Å². The number of benzene rings is 1. The molecule has 1 fully saturated rings. The normalized spacial score (nSPS) is 19.0. The number of aryl methyl sites for hydroxylation is 1. The van der Waals surface area contributed by atoms with Crippen LogP contribution in [0.1, 0.15) is 34.1 Å². The number of aromatic nitrogens is 3. The molecule has 188 valence electrons. The van der Waals surface area contributed by atoms with Crippen molar-refractivity contribution in [1.82, 2.24) is 20.3 Å². The Morgan fingerprint density at radius 1 is 1.39 bits per heavy atom. The molecule has 1 aliphatic heterocycles. The van der Waals surface area contributed by atoms with Crippen LogP contribution in [-0.2, 0) is 4.74 Å². The first kappa shape index (κ1) is 26.1. The Balaban J connectivity index is 1.52. The number of hydrogen-bond donors (Lipinski definition) is 4. The summed E-state index contributed by atoms with van der Waals surface area (Å²) in [6.07, 6.45) is 2.57. The minimum atomic E-state index is -1.26. The van der Waals surface area contributed by atoms with E-state index in [0.717, 1.165) is 10.7 Å². The molecule has 3 atom stereocenters. The lowest BCUT2D eigenvalue weighted by molar-refractivity contribution is 0.0933. The molecule has 0 spiro atoms. The van der Waals surface area contributed by atoms with Gasteiger partial charge in [0, 0.05) is 39.4 Å². The molecule has 12 heteroatoms. The summed E-state index contributed by atoms with van der Waals surface area (Å²) in [5.74, 6) is -0.700. The fourth-order valence-electron chi connectivity index (χ4n) is 3.92. The maximum absolute atomic E-state index is 14.6. The first-order valence-corrected chi connectivity index (χ1v) is 12.2. The highest BCUT2D eigenvalue weighted by Crippen LogP contribution is 2.25. The molecule has 5 N–H and O–H groups in total. The number of H-pyrrole nitrogens is 1. The van der Waals surface area contributed by atoms with E-state index in [2.05, 4.69) is 35.4 Å². The number of alkyl halides is 1. The van der Waals surface area contributed by atoms with Crippen molar-refractivity contribution in [1.29, 1.82) is 0 Å². The van der Waals surface area contributed by atoms with E-state index in [-0.39, 0.29) is 29.8 Å². The second-order valence-corrected chi connectivity index (χ2v) is 9.56. The number of carbonyl (C=O) groups excluding carboxylic acids is 1. The maximum Gasteiger partial charge on any atom is 0.268 e. The van der Waals surface area contributed by atoms with Crippen LogP contribution in [0, 0.1) is 12.7 Å². The third kappa shape index (κ3) is 6.04. The van der Waals surface area contributed by atoms with E-state index >= 15 is 0 Å². The summed E-state index contributed by atoms with van der Waals surface area (Å²) >= 11 is 5.94. The number of aromatic amines is 1.